The van der Waals surface area contributed by atoms with Crippen LogP contribution >= 0.6 is 0 Å². The lowest BCUT2D eigenvalue weighted by Gasteiger charge is -2.19. The van der Waals surface area contributed by atoms with Gasteiger partial charge in [-0.2, -0.15) is 5.10 Å². The number of urea groups is 1. The maximum atomic E-state index is 13.1. The first-order valence-corrected chi connectivity index (χ1v) is 10.7. The molecule has 1 saturated heterocycles. The second-order valence-corrected chi connectivity index (χ2v) is 8.06. The normalized spacial score (nSPS) is 16.1. The zero-order chi connectivity index (χ0) is 21.2. The topological polar surface area (TPSA) is 86.4 Å². The number of carbonyl (C=O) groups is 1. The summed E-state index contributed by atoms with van der Waals surface area (Å²) in [6.45, 7) is 2.61. The van der Waals surface area contributed by atoms with E-state index in [1.165, 1.54) is 12.8 Å². The highest BCUT2D eigenvalue weighted by Crippen LogP contribution is 2.31. The minimum Gasteiger partial charge on any atom is -0.493 e. The summed E-state index contributed by atoms with van der Waals surface area (Å²) in [6, 6.07) is 11.9. The van der Waals surface area contributed by atoms with Gasteiger partial charge in [0, 0.05) is 44.0 Å². The molecule has 160 valence electrons. The largest absolute Gasteiger partial charge is 0.493 e. The van der Waals surface area contributed by atoms with Crippen LogP contribution < -0.4 is 15.0 Å². The maximum absolute atomic E-state index is 13.1. The monoisotopic (exact) mass is 418 g/mol. The molecule has 1 saturated carbocycles. The van der Waals surface area contributed by atoms with Gasteiger partial charge in [0.05, 0.1) is 12.8 Å². The van der Waals surface area contributed by atoms with Crippen LogP contribution in [0.2, 0.25) is 0 Å². The molecule has 0 spiro atoms. The van der Waals surface area contributed by atoms with Gasteiger partial charge >= 0.3 is 6.03 Å². The van der Waals surface area contributed by atoms with Crippen molar-refractivity contribution < 1.29 is 9.53 Å². The van der Waals surface area contributed by atoms with Crippen molar-refractivity contribution in [3.63, 3.8) is 0 Å². The van der Waals surface area contributed by atoms with Crippen LogP contribution in [0.15, 0.2) is 48.8 Å². The molecule has 3 heterocycles. The predicted octanol–water partition coefficient (Wildman–Crippen LogP) is 3.74. The third kappa shape index (κ3) is 4.19. The third-order valence-electron chi connectivity index (χ3n) is 5.75. The maximum Gasteiger partial charge on any atom is 0.326 e. The van der Waals surface area contributed by atoms with Crippen LogP contribution in [0.25, 0.3) is 11.1 Å². The van der Waals surface area contributed by atoms with Gasteiger partial charge in [0.1, 0.15) is 17.4 Å². The molecule has 3 aromatic rings. The number of nitrogens with zero attached hydrogens (tertiary/aromatic N) is 4. The molecule has 2 amide bonds. The van der Waals surface area contributed by atoms with E-state index in [0.29, 0.717) is 37.2 Å². The molecule has 31 heavy (non-hydrogen) atoms. The number of aromatic amines is 1. The summed E-state index contributed by atoms with van der Waals surface area (Å²) in [5.74, 6) is 2.95. The van der Waals surface area contributed by atoms with Gasteiger partial charge in [-0.3, -0.25) is 10.00 Å². The molecule has 5 rings (SSSR count). The number of pyridine rings is 1. The van der Waals surface area contributed by atoms with Gasteiger partial charge in [-0.1, -0.05) is 12.1 Å². The van der Waals surface area contributed by atoms with Crippen molar-refractivity contribution in [1.29, 1.82) is 0 Å². The second kappa shape index (κ2) is 8.29. The van der Waals surface area contributed by atoms with Gasteiger partial charge in [0.15, 0.2) is 0 Å². The number of hydrogen-bond acceptors (Lipinski definition) is 5. The number of rotatable bonds is 8. The van der Waals surface area contributed by atoms with E-state index in [2.05, 4.69) is 20.5 Å². The number of anilines is 2. The SMILES string of the molecule is CNc1nc(N2CCN(Cc3cccc(OCC4CC4)c3)C2=O)ccc1-c1cn[nH]c1. The number of aromatic nitrogens is 3. The highest BCUT2D eigenvalue weighted by molar-refractivity contribution is 5.94. The molecule has 2 aromatic heterocycles. The van der Waals surface area contributed by atoms with Crippen molar-refractivity contribution in [1.82, 2.24) is 20.1 Å². The Balaban J connectivity index is 1.28. The minimum absolute atomic E-state index is 0.0325. The molecule has 2 aliphatic rings. The van der Waals surface area contributed by atoms with Gasteiger partial charge in [-0.15, -0.1) is 0 Å². The van der Waals surface area contributed by atoms with Gasteiger partial charge < -0.3 is 15.0 Å². The third-order valence-corrected chi connectivity index (χ3v) is 5.75. The summed E-state index contributed by atoms with van der Waals surface area (Å²) in [4.78, 5) is 21.3. The Bertz CT molecular complexity index is 1060. The molecule has 8 nitrogen and oxygen atoms in total. The summed E-state index contributed by atoms with van der Waals surface area (Å²) in [6.07, 6.45) is 6.11. The first-order valence-electron chi connectivity index (χ1n) is 10.7. The fourth-order valence-electron chi connectivity index (χ4n) is 3.82. The molecule has 2 fully saturated rings. The number of hydrogen-bond donors (Lipinski definition) is 2. The minimum atomic E-state index is -0.0325. The molecule has 8 heteroatoms. The molecular weight excluding hydrogens is 392 g/mol. The fourth-order valence-corrected chi connectivity index (χ4v) is 3.82. The van der Waals surface area contributed by atoms with E-state index >= 15 is 0 Å². The Labute approximate surface area is 181 Å². The van der Waals surface area contributed by atoms with Crippen molar-refractivity contribution in [3.05, 3.63) is 54.4 Å². The van der Waals surface area contributed by atoms with Gasteiger partial charge in [0.25, 0.3) is 0 Å². The van der Waals surface area contributed by atoms with E-state index in [0.717, 1.165) is 29.0 Å². The van der Waals surface area contributed by atoms with Crippen molar-refractivity contribution in [3.8, 4) is 16.9 Å². The smallest absolute Gasteiger partial charge is 0.326 e. The van der Waals surface area contributed by atoms with E-state index in [9.17, 15) is 4.79 Å². The van der Waals surface area contributed by atoms with E-state index in [1.54, 1.807) is 11.1 Å². The van der Waals surface area contributed by atoms with E-state index < -0.39 is 0 Å². The Morgan fingerprint density at radius 2 is 2.13 bits per heavy atom. The Morgan fingerprint density at radius 3 is 2.90 bits per heavy atom. The molecule has 1 aromatic carbocycles. The van der Waals surface area contributed by atoms with Crippen LogP contribution in [0, 0.1) is 5.92 Å². The fraction of sp³-hybridized carbons (Fsp3) is 0.348. The van der Waals surface area contributed by atoms with Crippen LogP contribution in [0.5, 0.6) is 5.75 Å². The lowest BCUT2D eigenvalue weighted by molar-refractivity contribution is 0.218. The number of H-pyrrole nitrogens is 1. The number of benzene rings is 1. The molecule has 0 radical (unpaired) electrons. The average molecular weight is 419 g/mol. The lowest BCUT2D eigenvalue weighted by Crippen LogP contribution is -2.32. The van der Waals surface area contributed by atoms with Gasteiger partial charge in [-0.25, -0.2) is 9.78 Å². The Morgan fingerprint density at radius 1 is 1.23 bits per heavy atom. The number of carbonyl (C=O) groups excluding carboxylic acids is 1. The summed E-state index contributed by atoms with van der Waals surface area (Å²) in [5, 5.41) is 9.95. The molecule has 0 bridgehead atoms. The summed E-state index contributed by atoms with van der Waals surface area (Å²) in [5.41, 5.74) is 2.95. The average Bonchev–Trinajstić information content (AvgIpc) is 3.33. The number of ether oxygens (including phenoxy) is 1. The number of nitrogens with one attached hydrogen (secondary N) is 2. The zero-order valence-corrected chi connectivity index (χ0v) is 17.5. The van der Waals surface area contributed by atoms with E-state index in [-0.39, 0.29) is 6.03 Å². The van der Waals surface area contributed by atoms with E-state index in [4.69, 9.17) is 4.74 Å². The van der Waals surface area contributed by atoms with Crippen LogP contribution in [-0.4, -0.2) is 52.9 Å². The molecule has 2 N–H and O–H groups in total. The van der Waals surface area contributed by atoms with Crippen LogP contribution in [-0.2, 0) is 6.54 Å². The summed E-state index contributed by atoms with van der Waals surface area (Å²) in [7, 11) is 1.83. The Kier molecular flexibility index (Phi) is 5.19. The summed E-state index contributed by atoms with van der Waals surface area (Å²) < 4.78 is 5.88. The predicted molar refractivity (Wildman–Crippen MR) is 119 cm³/mol. The molecule has 1 aliphatic carbocycles. The van der Waals surface area contributed by atoms with Crippen LogP contribution in [0.4, 0.5) is 16.4 Å². The van der Waals surface area contributed by atoms with Crippen LogP contribution in [0.3, 0.4) is 0 Å². The van der Waals surface area contributed by atoms with Gasteiger partial charge in [0.2, 0.25) is 0 Å². The molecule has 0 unspecified atom stereocenters. The lowest BCUT2D eigenvalue weighted by atomic mass is 10.1. The quantitative estimate of drug-likeness (QED) is 0.582. The first-order chi connectivity index (χ1) is 15.2. The van der Waals surface area contributed by atoms with Crippen molar-refractivity contribution >= 4 is 17.7 Å². The summed E-state index contributed by atoms with van der Waals surface area (Å²) >= 11 is 0. The van der Waals surface area contributed by atoms with E-state index in [1.807, 2.05) is 54.5 Å². The van der Waals surface area contributed by atoms with Crippen molar-refractivity contribution in [2.45, 2.75) is 19.4 Å². The zero-order valence-electron chi connectivity index (χ0n) is 17.5. The highest BCUT2D eigenvalue weighted by atomic mass is 16.5. The first kappa shape index (κ1) is 19.4. The second-order valence-electron chi connectivity index (χ2n) is 8.06. The van der Waals surface area contributed by atoms with Crippen LogP contribution in [0.1, 0.15) is 18.4 Å². The van der Waals surface area contributed by atoms with Gasteiger partial charge in [-0.05, 0) is 48.6 Å². The number of amides is 2. The molecule has 1 aliphatic heterocycles. The molecule has 0 atom stereocenters. The Hall–Kier alpha value is -3.55. The standard InChI is InChI=1S/C23H26N6O2/c1-24-22-20(18-12-25-26-13-18)7-8-21(27-22)29-10-9-28(23(29)30)14-17-3-2-4-19(11-17)31-15-16-5-6-16/h2-4,7-8,11-13,16H,5-6,9-10,14-15H2,1H3,(H,24,27)(H,25,26). The van der Waals surface area contributed by atoms with Crippen molar-refractivity contribution in [2.24, 2.45) is 5.92 Å². The molecular formula is C23H26N6O2. The van der Waals surface area contributed by atoms with Crippen molar-refractivity contribution in [2.75, 3.05) is 37.0 Å². The highest BCUT2D eigenvalue weighted by Gasteiger charge is 2.31.